The van der Waals surface area contributed by atoms with E-state index >= 15 is 0 Å². The summed E-state index contributed by atoms with van der Waals surface area (Å²) in [6, 6.07) is 11.6. The Bertz CT molecular complexity index is 1030. The fraction of sp³-hybridized carbons (Fsp3) is 0. The lowest BCUT2D eigenvalue weighted by Crippen LogP contribution is -2.21. The van der Waals surface area contributed by atoms with E-state index in [1.165, 1.54) is 0 Å². The molecule has 5 nitrogen and oxygen atoms in total. The van der Waals surface area contributed by atoms with Crippen molar-refractivity contribution in [1.82, 2.24) is 15.4 Å². The van der Waals surface area contributed by atoms with Crippen molar-refractivity contribution in [1.29, 1.82) is 0 Å². The highest BCUT2D eigenvalue weighted by Gasteiger charge is 2.32. The zero-order valence-corrected chi connectivity index (χ0v) is 13.5. The topological polar surface area (TPSA) is 72.8 Å². The van der Waals surface area contributed by atoms with Crippen molar-refractivity contribution in [3.05, 3.63) is 74.9 Å². The highest BCUT2D eigenvalue weighted by atomic mass is 35.5. The molecule has 3 aromatic rings. The number of hydrogen-bond acceptors (Lipinski definition) is 5. The van der Waals surface area contributed by atoms with Crippen LogP contribution in [0.2, 0.25) is 10.2 Å². The Hall–Kier alpha value is -2.63. The number of carbonyl (C=O) groups excluding carboxylic acids is 2. The summed E-state index contributed by atoms with van der Waals surface area (Å²) in [6.45, 7) is 0. The maximum absolute atomic E-state index is 13.0. The molecule has 0 unspecified atom stereocenters. The quantitative estimate of drug-likeness (QED) is 0.521. The lowest BCUT2D eigenvalue weighted by Gasteiger charge is -2.19. The van der Waals surface area contributed by atoms with Crippen LogP contribution in [0.5, 0.6) is 0 Å². The van der Waals surface area contributed by atoms with E-state index in [0.29, 0.717) is 22.3 Å². The van der Waals surface area contributed by atoms with Crippen LogP contribution >= 0.6 is 23.2 Å². The van der Waals surface area contributed by atoms with Crippen molar-refractivity contribution >= 4 is 34.8 Å². The molecular formula is C17H7Cl2N3O2. The molecule has 0 amide bonds. The number of aromatic nitrogens is 3. The molecular weight excluding hydrogens is 349 g/mol. The molecule has 0 saturated carbocycles. The summed E-state index contributed by atoms with van der Waals surface area (Å²) in [4.78, 5) is 25.7. The molecule has 0 radical (unpaired) electrons. The van der Waals surface area contributed by atoms with Gasteiger partial charge in [0.1, 0.15) is 10.7 Å². The third-order valence-corrected chi connectivity index (χ3v) is 4.59. The second-order valence-corrected chi connectivity index (χ2v) is 5.91. The Labute approximate surface area is 146 Å². The fourth-order valence-corrected chi connectivity index (χ4v) is 3.11. The Morgan fingerprint density at radius 2 is 1.33 bits per heavy atom. The number of nitrogens with zero attached hydrogens (tertiary/aromatic N) is 3. The molecule has 0 spiro atoms. The van der Waals surface area contributed by atoms with Gasteiger partial charge in [-0.1, -0.05) is 65.7 Å². The number of halogens is 2. The summed E-state index contributed by atoms with van der Waals surface area (Å²) in [6.07, 6.45) is 0. The van der Waals surface area contributed by atoms with E-state index in [-0.39, 0.29) is 33.0 Å². The molecule has 0 N–H and O–H groups in total. The van der Waals surface area contributed by atoms with Crippen LogP contribution in [-0.2, 0) is 0 Å². The van der Waals surface area contributed by atoms with Gasteiger partial charge in [0, 0.05) is 27.8 Å². The van der Waals surface area contributed by atoms with Crippen molar-refractivity contribution in [3.8, 4) is 11.3 Å². The standard InChI is InChI=1S/C17H7Cl2N3O2/c18-13-14(20-22-21-17(13)19)10-6-3-7-11-12(10)16(24)9-5-2-1-4-8(9)15(11)23/h1-7H. The Morgan fingerprint density at radius 3 is 2.08 bits per heavy atom. The van der Waals surface area contributed by atoms with Gasteiger partial charge >= 0.3 is 0 Å². The predicted molar refractivity (Wildman–Crippen MR) is 88.6 cm³/mol. The van der Waals surface area contributed by atoms with Crippen LogP contribution in [-0.4, -0.2) is 27.0 Å². The summed E-state index contributed by atoms with van der Waals surface area (Å²) in [5.41, 5.74) is 1.92. The molecule has 1 heterocycles. The molecule has 0 saturated heterocycles. The molecule has 0 bridgehead atoms. The van der Waals surface area contributed by atoms with Gasteiger partial charge < -0.3 is 0 Å². The molecule has 7 heteroatoms. The first-order chi connectivity index (χ1) is 11.6. The summed E-state index contributed by atoms with van der Waals surface area (Å²) in [5, 5.41) is 11.1. The number of ketones is 2. The van der Waals surface area contributed by atoms with E-state index in [1.807, 2.05) is 0 Å². The molecule has 0 aliphatic heterocycles. The van der Waals surface area contributed by atoms with Crippen LogP contribution in [0.3, 0.4) is 0 Å². The minimum atomic E-state index is -0.262. The van der Waals surface area contributed by atoms with E-state index in [9.17, 15) is 9.59 Å². The average Bonchev–Trinajstić information content (AvgIpc) is 2.61. The van der Waals surface area contributed by atoms with Gasteiger partial charge in [-0.05, 0) is 5.21 Å². The summed E-state index contributed by atoms with van der Waals surface area (Å²) >= 11 is 12.1. The zero-order valence-electron chi connectivity index (χ0n) is 12.0. The maximum Gasteiger partial charge on any atom is 0.195 e. The number of carbonyl (C=O) groups is 2. The van der Waals surface area contributed by atoms with Crippen molar-refractivity contribution in [2.24, 2.45) is 0 Å². The summed E-state index contributed by atoms with van der Waals surface area (Å²) in [5.74, 6) is -0.479. The van der Waals surface area contributed by atoms with Gasteiger partial charge in [0.25, 0.3) is 0 Å². The van der Waals surface area contributed by atoms with Crippen LogP contribution in [0.25, 0.3) is 11.3 Å². The van der Waals surface area contributed by atoms with Gasteiger partial charge in [-0.25, -0.2) is 0 Å². The van der Waals surface area contributed by atoms with Crippen LogP contribution in [0.4, 0.5) is 0 Å². The molecule has 116 valence electrons. The molecule has 0 fully saturated rings. The molecule has 2 aromatic carbocycles. The number of benzene rings is 2. The van der Waals surface area contributed by atoms with Gasteiger partial charge in [0.2, 0.25) is 0 Å². The Kier molecular flexibility index (Phi) is 3.40. The third kappa shape index (κ3) is 2.06. The first-order valence-corrected chi connectivity index (χ1v) is 7.71. The van der Waals surface area contributed by atoms with Crippen molar-refractivity contribution in [2.75, 3.05) is 0 Å². The molecule has 1 aliphatic carbocycles. The van der Waals surface area contributed by atoms with E-state index in [2.05, 4.69) is 15.4 Å². The van der Waals surface area contributed by atoms with Gasteiger partial charge in [0.15, 0.2) is 16.7 Å². The second-order valence-electron chi connectivity index (χ2n) is 5.17. The number of rotatable bonds is 1. The average molecular weight is 356 g/mol. The first-order valence-electron chi connectivity index (χ1n) is 6.95. The highest BCUT2D eigenvalue weighted by Crippen LogP contribution is 2.37. The summed E-state index contributed by atoms with van der Waals surface area (Å²) in [7, 11) is 0. The molecule has 1 aromatic heterocycles. The fourth-order valence-electron chi connectivity index (χ4n) is 2.81. The largest absolute Gasteiger partial charge is 0.289 e. The minimum absolute atomic E-state index is 0.0192. The van der Waals surface area contributed by atoms with Gasteiger partial charge in [-0.15, -0.1) is 10.2 Å². The van der Waals surface area contributed by atoms with Crippen LogP contribution in [0, 0.1) is 0 Å². The lowest BCUT2D eigenvalue weighted by molar-refractivity contribution is 0.0979. The third-order valence-electron chi connectivity index (χ3n) is 3.87. The van der Waals surface area contributed by atoms with Crippen molar-refractivity contribution in [2.45, 2.75) is 0 Å². The molecule has 24 heavy (non-hydrogen) atoms. The smallest absolute Gasteiger partial charge is 0.195 e. The number of fused-ring (bicyclic) bond motifs is 2. The molecule has 0 atom stereocenters. The first kappa shape index (κ1) is 14.9. The minimum Gasteiger partial charge on any atom is -0.289 e. The van der Waals surface area contributed by atoms with Crippen molar-refractivity contribution < 1.29 is 9.59 Å². The Balaban J connectivity index is 2.03. The normalized spacial score (nSPS) is 12.8. The van der Waals surface area contributed by atoms with E-state index in [0.717, 1.165) is 0 Å². The number of hydrogen-bond donors (Lipinski definition) is 0. The van der Waals surface area contributed by atoms with Crippen LogP contribution in [0.1, 0.15) is 31.8 Å². The Morgan fingerprint density at radius 1 is 0.708 bits per heavy atom. The maximum atomic E-state index is 13.0. The van der Waals surface area contributed by atoms with Crippen LogP contribution in [0.15, 0.2) is 42.5 Å². The highest BCUT2D eigenvalue weighted by molar-refractivity contribution is 6.43. The van der Waals surface area contributed by atoms with Gasteiger partial charge in [0.05, 0.1) is 0 Å². The van der Waals surface area contributed by atoms with E-state index < -0.39 is 0 Å². The van der Waals surface area contributed by atoms with Crippen molar-refractivity contribution in [3.63, 3.8) is 0 Å². The SMILES string of the molecule is O=C1c2ccccc2C(=O)c2c1cccc2-c1nnnc(Cl)c1Cl. The van der Waals surface area contributed by atoms with Gasteiger partial charge in [-0.3, -0.25) is 9.59 Å². The van der Waals surface area contributed by atoms with E-state index in [4.69, 9.17) is 23.2 Å². The summed E-state index contributed by atoms with van der Waals surface area (Å²) < 4.78 is 0. The van der Waals surface area contributed by atoms with E-state index in [1.54, 1.807) is 42.5 Å². The second kappa shape index (κ2) is 5.47. The lowest BCUT2D eigenvalue weighted by atomic mass is 9.81. The predicted octanol–water partition coefficient (Wildman–Crippen LogP) is 3.62. The van der Waals surface area contributed by atoms with Crippen LogP contribution < -0.4 is 0 Å². The molecule has 1 aliphatic rings. The van der Waals surface area contributed by atoms with Gasteiger partial charge in [-0.2, -0.15) is 0 Å². The monoisotopic (exact) mass is 355 g/mol. The molecule has 4 rings (SSSR count). The zero-order chi connectivity index (χ0) is 16.8.